The maximum absolute atomic E-state index is 13.1. The van der Waals surface area contributed by atoms with Gasteiger partial charge in [-0.3, -0.25) is 14.3 Å². The molecule has 2 amide bonds. The van der Waals surface area contributed by atoms with E-state index in [1.54, 1.807) is 11.8 Å². The summed E-state index contributed by atoms with van der Waals surface area (Å²) in [5, 5.41) is 7.16. The molecule has 7 heteroatoms. The van der Waals surface area contributed by atoms with Crippen LogP contribution in [0.2, 0.25) is 0 Å². The second-order valence-electron chi connectivity index (χ2n) is 8.09. The van der Waals surface area contributed by atoms with Gasteiger partial charge in [-0.05, 0) is 17.7 Å². The van der Waals surface area contributed by atoms with E-state index in [1.807, 2.05) is 48.6 Å². The zero-order valence-electron chi connectivity index (χ0n) is 17.1. The highest BCUT2D eigenvalue weighted by atomic mass is 16.5. The first kappa shape index (κ1) is 19.9. The fourth-order valence-corrected chi connectivity index (χ4v) is 4.00. The molecule has 1 saturated heterocycles. The predicted octanol–water partition coefficient (Wildman–Crippen LogP) is 2.61. The summed E-state index contributed by atoms with van der Waals surface area (Å²) in [5.41, 5.74) is 1.90. The van der Waals surface area contributed by atoms with Crippen molar-refractivity contribution in [2.45, 2.75) is 39.3 Å². The van der Waals surface area contributed by atoms with Crippen molar-refractivity contribution < 1.29 is 14.3 Å². The quantitative estimate of drug-likeness (QED) is 0.831. The minimum atomic E-state index is -0.380. The number of aromatic nitrogens is 2. The average molecular weight is 384 g/mol. The third-order valence-electron chi connectivity index (χ3n) is 5.27. The zero-order valence-corrected chi connectivity index (χ0v) is 17.1. The number of likely N-dealkylation sites (tertiary alicyclic amines) is 1. The van der Waals surface area contributed by atoms with E-state index in [4.69, 9.17) is 4.74 Å². The van der Waals surface area contributed by atoms with Crippen molar-refractivity contribution in [3.05, 3.63) is 47.8 Å². The molecular weight excluding hydrogens is 356 g/mol. The molecule has 7 nitrogen and oxygen atoms in total. The topological polar surface area (TPSA) is 76.5 Å². The summed E-state index contributed by atoms with van der Waals surface area (Å²) in [6, 6.07) is 7.03. The third-order valence-corrected chi connectivity index (χ3v) is 5.27. The van der Waals surface area contributed by atoms with Crippen LogP contribution in [0.25, 0.3) is 0 Å². The Morgan fingerprint density at radius 3 is 2.50 bits per heavy atom. The molecule has 3 rings (SSSR count). The standard InChI is InChI=1S/C21H28N4O3/c1-14(26)23-18(15-6-8-17(28-5)9-7-15)10-19(27)25-13-21(2,3)20(25)16-11-22-24(4)12-16/h6-9,11-12,18,20H,10,13H2,1-5H3,(H,23,26). The number of hydrogen-bond donors (Lipinski definition) is 1. The number of nitrogens with zero attached hydrogens (tertiary/aromatic N) is 3. The van der Waals surface area contributed by atoms with Gasteiger partial charge < -0.3 is 15.0 Å². The van der Waals surface area contributed by atoms with Crippen molar-refractivity contribution in [3.63, 3.8) is 0 Å². The lowest BCUT2D eigenvalue weighted by Crippen LogP contribution is -2.58. The number of carbonyl (C=O) groups excluding carboxylic acids is 2. The molecule has 0 aliphatic carbocycles. The average Bonchev–Trinajstić information content (AvgIpc) is 3.04. The molecule has 0 spiro atoms. The van der Waals surface area contributed by atoms with E-state index in [0.29, 0.717) is 6.54 Å². The number of methoxy groups -OCH3 is 1. The van der Waals surface area contributed by atoms with Crippen LogP contribution in [0.3, 0.4) is 0 Å². The van der Waals surface area contributed by atoms with Crippen LogP contribution in [0, 0.1) is 5.41 Å². The summed E-state index contributed by atoms with van der Waals surface area (Å²) >= 11 is 0. The molecule has 2 aromatic rings. The summed E-state index contributed by atoms with van der Waals surface area (Å²) in [4.78, 5) is 26.7. The Kier molecular flexibility index (Phi) is 5.45. The number of aryl methyl sites for hydroxylation is 1. The highest BCUT2D eigenvalue weighted by Gasteiger charge is 2.49. The van der Waals surface area contributed by atoms with Gasteiger partial charge >= 0.3 is 0 Å². The van der Waals surface area contributed by atoms with Gasteiger partial charge in [-0.2, -0.15) is 5.10 Å². The molecular formula is C21H28N4O3. The molecule has 1 N–H and O–H groups in total. The van der Waals surface area contributed by atoms with Crippen molar-refractivity contribution in [1.29, 1.82) is 0 Å². The number of hydrogen-bond acceptors (Lipinski definition) is 4. The Morgan fingerprint density at radius 2 is 2.00 bits per heavy atom. The first-order valence-corrected chi connectivity index (χ1v) is 9.40. The Hall–Kier alpha value is -2.83. The monoisotopic (exact) mass is 384 g/mol. The number of rotatable bonds is 6. The second-order valence-corrected chi connectivity index (χ2v) is 8.09. The largest absolute Gasteiger partial charge is 0.497 e. The zero-order chi connectivity index (χ0) is 20.5. The van der Waals surface area contributed by atoms with Crippen molar-refractivity contribution in [1.82, 2.24) is 20.0 Å². The lowest BCUT2D eigenvalue weighted by atomic mass is 9.72. The van der Waals surface area contributed by atoms with E-state index in [-0.39, 0.29) is 35.7 Å². The number of benzene rings is 1. The van der Waals surface area contributed by atoms with Gasteiger partial charge in [0.15, 0.2) is 0 Å². The van der Waals surface area contributed by atoms with Gasteiger partial charge in [-0.1, -0.05) is 26.0 Å². The van der Waals surface area contributed by atoms with E-state index in [2.05, 4.69) is 24.3 Å². The van der Waals surface area contributed by atoms with Crippen LogP contribution in [0.5, 0.6) is 5.75 Å². The number of ether oxygens (including phenoxy) is 1. The Morgan fingerprint density at radius 1 is 1.32 bits per heavy atom. The number of nitrogens with one attached hydrogen (secondary N) is 1. The summed E-state index contributed by atoms with van der Waals surface area (Å²) in [5.74, 6) is 0.585. The van der Waals surface area contributed by atoms with Crippen LogP contribution in [0.15, 0.2) is 36.7 Å². The predicted molar refractivity (Wildman–Crippen MR) is 106 cm³/mol. The maximum Gasteiger partial charge on any atom is 0.225 e. The first-order valence-electron chi connectivity index (χ1n) is 9.40. The van der Waals surface area contributed by atoms with Crippen LogP contribution in [-0.4, -0.2) is 40.1 Å². The molecule has 28 heavy (non-hydrogen) atoms. The van der Waals surface area contributed by atoms with Crippen molar-refractivity contribution in [2.24, 2.45) is 12.5 Å². The van der Waals surface area contributed by atoms with Gasteiger partial charge in [0.1, 0.15) is 5.75 Å². The highest BCUT2D eigenvalue weighted by Crippen LogP contribution is 2.48. The molecule has 1 aromatic heterocycles. The molecule has 0 saturated carbocycles. The summed E-state index contributed by atoms with van der Waals surface area (Å²) in [7, 11) is 3.48. The van der Waals surface area contributed by atoms with E-state index >= 15 is 0 Å². The van der Waals surface area contributed by atoms with Crippen LogP contribution in [-0.2, 0) is 16.6 Å². The molecule has 2 unspecified atom stereocenters. The van der Waals surface area contributed by atoms with Gasteiger partial charge in [0.05, 0.1) is 31.8 Å². The SMILES string of the molecule is COc1ccc(C(CC(=O)N2CC(C)(C)C2c2cnn(C)c2)NC(C)=O)cc1. The summed E-state index contributed by atoms with van der Waals surface area (Å²) < 4.78 is 6.95. The summed E-state index contributed by atoms with van der Waals surface area (Å²) in [6.07, 6.45) is 3.99. The second kappa shape index (κ2) is 7.66. The molecule has 0 radical (unpaired) electrons. The van der Waals surface area contributed by atoms with Gasteiger partial charge in [0.25, 0.3) is 0 Å². The van der Waals surface area contributed by atoms with Gasteiger partial charge in [-0.15, -0.1) is 0 Å². The van der Waals surface area contributed by atoms with E-state index in [9.17, 15) is 9.59 Å². The fraction of sp³-hybridized carbons (Fsp3) is 0.476. The minimum absolute atomic E-state index is 0.0115. The molecule has 1 aliphatic rings. The molecule has 150 valence electrons. The lowest BCUT2D eigenvalue weighted by molar-refractivity contribution is -0.152. The van der Waals surface area contributed by atoms with E-state index < -0.39 is 0 Å². The smallest absolute Gasteiger partial charge is 0.225 e. The molecule has 2 heterocycles. The normalized spacial score (nSPS) is 18.9. The highest BCUT2D eigenvalue weighted by molar-refractivity contribution is 5.80. The van der Waals surface area contributed by atoms with Gasteiger partial charge in [0, 0.05) is 37.7 Å². The van der Waals surface area contributed by atoms with E-state index in [0.717, 1.165) is 16.9 Å². The molecule has 1 fully saturated rings. The van der Waals surface area contributed by atoms with Crippen molar-refractivity contribution in [3.8, 4) is 5.75 Å². The summed E-state index contributed by atoms with van der Waals surface area (Å²) in [6.45, 7) is 6.46. The molecule has 1 aromatic carbocycles. The Bertz CT molecular complexity index is 857. The van der Waals surface area contributed by atoms with Gasteiger partial charge in [0.2, 0.25) is 11.8 Å². The minimum Gasteiger partial charge on any atom is -0.497 e. The number of carbonyl (C=O) groups is 2. The van der Waals surface area contributed by atoms with Gasteiger partial charge in [-0.25, -0.2) is 0 Å². The Labute approximate surface area is 165 Å². The van der Waals surface area contributed by atoms with E-state index in [1.165, 1.54) is 6.92 Å². The fourth-order valence-electron chi connectivity index (χ4n) is 4.00. The third kappa shape index (κ3) is 4.03. The van der Waals surface area contributed by atoms with Crippen LogP contribution < -0.4 is 10.1 Å². The maximum atomic E-state index is 13.1. The van der Waals surface area contributed by atoms with Crippen molar-refractivity contribution in [2.75, 3.05) is 13.7 Å². The molecule has 0 bridgehead atoms. The van der Waals surface area contributed by atoms with Crippen molar-refractivity contribution >= 4 is 11.8 Å². The number of amides is 2. The molecule has 2 atom stereocenters. The first-order chi connectivity index (χ1) is 13.2. The Balaban J connectivity index is 1.78. The molecule has 1 aliphatic heterocycles. The van der Waals surface area contributed by atoms with Crippen LogP contribution in [0.4, 0.5) is 0 Å². The van der Waals surface area contributed by atoms with Crippen LogP contribution in [0.1, 0.15) is 50.4 Å². The van der Waals surface area contributed by atoms with Crippen LogP contribution >= 0.6 is 0 Å². The lowest BCUT2D eigenvalue weighted by Gasteiger charge is -2.54.